The molecule has 0 aliphatic carbocycles. The van der Waals surface area contributed by atoms with Crippen LogP contribution in [0.15, 0.2) is 48.3 Å². The van der Waals surface area contributed by atoms with Crippen molar-refractivity contribution < 1.29 is 19.4 Å². The number of carbonyl (C=O) groups is 2. The van der Waals surface area contributed by atoms with Gasteiger partial charge in [-0.1, -0.05) is 11.6 Å². The highest BCUT2D eigenvalue weighted by molar-refractivity contribution is 6.46. The van der Waals surface area contributed by atoms with Crippen LogP contribution in [0.25, 0.3) is 5.76 Å². The summed E-state index contributed by atoms with van der Waals surface area (Å²) in [7, 11) is 3.78. The number of aromatic nitrogens is 1. The summed E-state index contributed by atoms with van der Waals surface area (Å²) in [5.74, 6) is -1.16. The molecule has 1 aromatic carbocycles. The molecule has 0 spiro atoms. The van der Waals surface area contributed by atoms with E-state index in [0.29, 0.717) is 41.6 Å². The maximum atomic E-state index is 12.9. The molecule has 1 aliphatic heterocycles. The number of ketones is 1. The molecular weight excluding hydrogens is 406 g/mol. The van der Waals surface area contributed by atoms with Crippen LogP contribution in [0.4, 0.5) is 0 Å². The van der Waals surface area contributed by atoms with E-state index >= 15 is 0 Å². The van der Waals surface area contributed by atoms with Crippen molar-refractivity contribution in [2.45, 2.75) is 13.0 Å². The van der Waals surface area contributed by atoms with Gasteiger partial charge in [0, 0.05) is 31.0 Å². The molecule has 30 heavy (non-hydrogen) atoms. The first-order chi connectivity index (χ1) is 14.3. The first kappa shape index (κ1) is 21.8. The molecular formula is C22H24ClN3O4. The number of rotatable bonds is 7. The number of likely N-dealkylation sites (tertiary alicyclic amines) is 1. The Balaban J connectivity index is 2.10. The average Bonchev–Trinajstić information content (AvgIpc) is 2.98. The van der Waals surface area contributed by atoms with Gasteiger partial charge < -0.3 is 19.6 Å². The van der Waals surface area contributed by atoms with Gasteiger partial charge in [-0.15, -0.1) is 0 Å². The first-order valence-corrected chi connectivity index (χ1v) is 9.98. The van der Waals surface area contributed by atoms with Crippen LogP contribution in [-0.4, -0.2) is 65.4 Å². The smallest absolute Gasteiger partial charge is 0.295 e. The Bertz CT molecular complexity index is 976. The summed E-state index contributed by atoms with van der Waals surface area (Å²) in [6.07, 6.45) is 3.18. The Morgan fingerprint density at radius 1 is 1.23 bits per heavy atom. The normalized spacial score (nSPS) is 18.3. The van der Waals surface area contributed by atoms with Crippen LogP contribution in [0, 0.1) is 0 Å². The van der Waals surface area contributed by atoms with E-state index in [4.69, 9.17) is 16.3 Å². The zero-order valence-corrected chi connectivity index (χ0v) is 17.9. The summed E-state index contributed by atoms with van der Waals surface area (Å²) in [5, 5.41) is 11.3. The number of hydrogen-bond acceptors (Lipinski definition) is 6. The molecule has 0 saturated carbocycles. The third-order valence-corrected chi connectivity index (χ3v) is 5.15. The molecule has 0 bridgehead atoms. The van der Waals surface area contributed by atoms with Gasteiger partial charge in [0.25, 0.3) is 11.7 Å². The molecule has 1 aromatic heterocycles. The highest BCUT2D eigenvalue weighted by Crippen LogP contribution is 2.40. The highest BCUT2D eigenvalue weighted by atomic mass is 35.5. The van der Waals surface area contributed by atoms with Gasteiger partial charge in [0.2, 0.25) is 0 Å². The van der Waals surface area contributed by atoms with Crippen LogP contribution >= 0.6 is 11.6 Å². The lowest BCUT2D eigenvalue weighted by atomic mass is 9.96. The second kappa shape index (κ2) is 9.28. The van der Waals surface area contributed by atoms with E-state index in [1.54, 1.807) is 36.7 Å². The van der Waals surface area contributed by atoms with E-state index in [9.17, 15) is 14.7 Å². The molecule has 158 valence electrons. The molecule has 1 fully saturated rings. The number of ether oxygens (including phenoxy) is 1. The standard InChI is InChI=1S/C22H24ClN3O4/c1-4-30-17-6-5-15(13-16(17)23)20(27)18-19(14-7-9-24-10-8-14)26(12-11-25(2)3)22(29)21(18)28/h5-10,13,19,27H,4,11-12H2,1-3H3/b20-18+. The first-order valence-electron chi connectivity index (χ1n) is 9.61. The Morgan fingerprint density at radius 2 is 1.93 bits per heavy atom. The summed E-state index contributed by atoms with van der Waals surface area (Å²) in [5.41, 5.74) is 1.07. The third-order valence-electron chi connectivity index (χ3n) is 4.86. The van der Waals surface area contributed by atoms with Crippen LogP contribution in [0.1, 0.15) is 24.1 Å². The molecule has 2 aromatic rings. The van der Waals surface area contributed by atoms with Crippen LogP contribution in [0.2, 0.25) is 5.02 Å². The predicted molar refractivity (Wildman–Crippen MR) is 114 cm³/mol. The lowest BCUT2D eigenvalue weighted by molar-refractivity contribution is -0.140. The molecule has 2 heterocycles. The fourth-order valence-corrected chi connectivity index (χ4v) is 3.62. The average molecular weight is 430 g/mol. The Morgan fingerprint density at radius 3 is 2.53 bits per heavy atom. The number of pyridine rings is 1. The summed E-state index contributed by atoms with van der Waals surface area (Å²) in [6.45, 7) is 3.20. The van der Waals surface area contributed by atoms with Crippen molar-refractivity contribution in [3.05, 3.63) is 64.4 Å². The second-order valence-corrected chi connectivity index (χ2v) is 7.56. The zero-order valence-electron chi connectivity index (χ0n) is 17.1. The van der Waals surface area contributed by atoms with Crippen LogP contribution in [0.3, 0.4) is 0 Å². The molecule has 8 heteroatoms. The number of aliphatic hydroxyl groups is 1. The number of benzene rings is 1. The van der Waals surface area contributed by atoms with Gasteiger partial charge in [0.1, 0.15) is 11.5 Å². The lowest BCUT2D eigenvalue weighted by Crippen LogP contribution is -2.35. The topological polar surface area (TPSA) is 83.0 Å². The molecule has 1 N–H and O–H groups in total. The maximum absolute atomic E-state index is 12.9. The van der Waals surface area contributed by atoms with Gasteiger partial charge >= 0.3 is 0 Å². The number of halogens is 1. The molecule has 1 amide bonds. The summed E-state index contributed by atoms with van der Waals surface area (Å²) >= 11 is 6.26. The number of amides is 1. The van der Waals surface area contributed by atoms with Crippen molar-refractivity contribution in [3.8, 4) is 5.75 Å². The fourth-order valence-electron chi connectivity index (χ4n) is 3.39. The van der Waals surface area contributed by atoms with E-state index in [1.807, 2.05) is 25.9 Å². The molecule has 3 rings (SSSR count). The number of hydrogen-bond donors (Lipinski definition) is 1. The van der Waals surface area contributed by atoms with Crippen molar-refractivity contribution >= 4 is 29.1 Å². The fraction of sp³-hybridized carbons (Fsp3) is 0.318. The van der Waals surface area contributed by atoms with E-state index in [-0.39, 0.29) is 11.3 Å². The quantitative estimate of drug-likeness (QED) is 0.413. The summed E-state index contributed by atoms with van der Waals surface area (Å²) in [4.78, 5) is 33.1. The molecule has 1 aliphatic rings. The van der Waals surface area contributed by atoms with Crippen molar-refractivity contribution in [2.75, 3.05) is 33.8 Å². The highest BCUT2D eigenvalue weighted by Gasteiger charge is 2.45. The van der Waals surface area contributed by atoms with Gasteiger partial charge in [-0.25, -0.2) is 0 Å². The van der Waals surface area contributed by atoms with Gasteiger partial charge in [-0.05, 0) is 56.9 Å². The minimum Gasteiger partial charge on any atom is -0.507 e. The molecule has 1 saturated heterocycles. The monoisotopic (exact) mass is 429 g/mol. The van der Waals surface area contributed by atoms with Gasteiger partial charge in [-0.3, -0.25) is 14.6 Å². The van der Waals surface area contributed by atoms with Crippen LogP contribution in [-0.2, 0) is 9.59 Å². The van der Waals surface area contributed by atoms with E-state index in [0.717, 1.165) is 0 Å². The van der Waals surface area contributed by atoms with Gasteiger partial charge in [0.05, 0.1) is 23.2 Å². The lowest BCUT2D eigenvalue weighted by Gasteiger charge is -2.26. The van der Waals surface area contributed by atoms with Gasteiger partial charge in [-0.2, -0.15) is 0 Å². The molecule has 7 nitrogen and oxygen atoms in total. The van der Waals surface area contributed by atoms with E-state index in [2.05, 4.69) is 4.98 Å². The minimum atomic E-state index is -0.724. The molecule has 0 radical (unpaired) electrons. The Kier molecular flexibility index (Phi) is 6.74. The largest absolute Gasteiger partial charge is 0.507 e. The number of Topliss-reactive ketones (excluding diaryl/α,β-unsaturated/α-hetero) is 1. The Hall–Kier alpha value is -2.90. The van der Waals surface area contributed by atoms with Crippen molar-refractivity contribution in [3.63, 3.8) is 0 Å². The number of aliphatic hydroxyl groups excluding tert-OH is 1. The maximum Gasteiger partial charge on any atom is 0.295 e. The van der Waals surface area contributed by atoms with Gasteiger partial charge in [0.15, 0.2) is 0 Å². The summed E-state index contributed by atoms with van der Waals surface area (Å²) in [6, 6.07) is 7.53. The number of nitrogens with zero attached hydrogens (tertiary/aromatic N) is 3. The SMILES string of the molecule is CCOc1ccc(/C(O)=C2\C(=O)C(=O)N(CCN(C)C)C2c2ccncc2)cc1Cl. The third kappa shape index (κ3) is 4.32. The predicted octanol–water partition coefficient (Wildman–Crippen LogP) is 3.12. The van der Waals surface area contributed by atoms with E-state index in [1.165, 1.54) is 11.0 Å². The minimum absolute atomic E-state index is 0.0326. The van der Waals surface area contributed by atoms with Crippen molar-refractivity contribution in [2.24, 2.45) is 0 Å². The van der Waals surface area contributed by atoms with Crippen LogP contribution < -0.4 is 4.74 Å². The van der Waals surface area contributed by atoms with Crippen LogP contribution in [0.5, 0.6) is 5.75 Å². The van der Waals surface area contributed by atoms with Crippen molar-refractivity contribution in [1.29, 1.82) is 0 Å². The van der Waals surface area contributed by atoms with E-state index < -0.39 is 17.7 Å². The number of carbonyl (C=O) groups excluding carboxylic acids is 2. The van der Waals surface area contributed by atoms with Crippen molar-refractivity contribution in [1.82, 2.24) is 14.8 Å². The zero-order chi connectivity index (χ0) is 21.8. The number of likely N-dealkylation sites (N-methyl/N-ethyl adjacent to an activating group) is 1. The second-order valence-electron chi connectivity index (χ2n) is 7.15. The summed E-state index contributed by atoms with van der Waals surface area (Å²) < 4.78 is 5.43. The molecule has 1 atom stereocenters. The molecule has 1 unspecified atom stereocenters. The Labute approximate surface area is 180 Å².